The minimum absolute atomic E-state index is 0.136. The zero-order valence-corrected chi connectivity index (χ0v) is 23.4. The number of thiocarbonyl (C=S) groups is 1. The van der Waals surface area contributed by atoms with Crippen molar-refractivity contribution in [2.45, 2.75) is 32.9 Å². The van der Waals surface area contributed by atoms with Crippen LogP contribution in [0.5, 0.6) is 17.2 Å². The van der Waals surface area contributed by atoms with Crippen LogP contribution >= 0.6 is 12.2 Å². The van der Waals surface area contributed by atoms with Crippen LogP contribution in [0, 0.1) is 20.8 Å². The van der Waals surface area contributed by atoms with Crippen LogP contribution in [0.15, 0.2) is 103 Å². The first-order valence-corrected chi connectivity index (χ1v) is 13.6. The SMILES string of the molecule is Cc1ccccc1Oc1ccc(N2C(=S)N[C@@H](c3ccccn3)[C@@H]2c2cc(C)n(-c3ccc(O)cc3)c2C)cc1. The summed E-state index contributed by atoms with van der Waals surface area (Å²) in [6.07, 6.45) is 1.82. The summed E-state index contributed by atoms with van der Waals surface area (Å²) >= 11 is 5.94. The van der Waals surface area contributed by atoms with E-state index in [0.29, 0.717) is 5.11 Å². The summed E-state index contributed by atoms with van der Waals surface area (Å²) in [5.74, 6) is 1.84. The molecule has 0 aliphatic carbocycles. The number of aromatic nitrogens is 2. The van der Waals surface area contributed by atoms with E-state index in [1.807, 2.05) is 79.9 Å². The van der Waals surface area contributed by atoms with Gasteiger partial charge in [0.25, 0.3) is 0 Å². The summed E-state index contributed by atoms with van der Waals surface area (Å²) in [5.41, 5.74) is 7.31. The molecular weight excluding hydrogens is 516 g/mol. The Morgan fingerprint density at radius 3 is 2.25 bits per heavy atom. The van der Waals surface area contributed by atoms with Crippen LogP contribution < -0.4 is 15.0 Å². The summed E-state index contributed by atoms with van der Waals surface area (Å²) < 4.78 is 8.36. The van der Waals surface area contributed by atoms with Crippen LogP contribution in [0.1, 0.15) is 40.3 Å². The molecule has 1 aliphatic heterocycles. The van der Waals surface area contributed by atoms with Crippen molar-refractivity contribution < 1.29 is 9.84 Å². The summed E-state index contributed by atoms with van der Waals surface area (Å²) in [6, 6.07) is 31.2. The first-order valence-electron chi connectivity index (χ1n) is 13.2. The summed E-state index contributed by atoms with van der Waals surface area (Å²) in [7, 11) is 0. The Morgan fingerprint density at radius 2 is 1.55 bits per heavy atom. The fourth-order valence-corrected chi connectivity index (χ4v) is 5.85. The van der Waals surface area contributed by atoms with Gasteiger partial charge in [-0.25, -0.2) is 0 Å². The van der Waals surface area contributed by atoms with Crippen LogP contribution in [-0.2, 0) is 0 Å². The minimum atomic E-state index is -0.148. The number of aromatic hydroxyl groups is 1. The van der Waals surface area contributed by atoms with Gasteiger partial charge in [-0.2, -0.15) is 0 Å². The molecule has 3 heterocycles. The van der Waals surface area contributed by atoms with Crippen molar-refractivity contribution in [3.8, 4) is 22.9 Å². The third-order valence-corrected chi connectivity index (χ3v) is 7.75. The second kappa shape index (κ2) is 10.5. The number of benzene rings is 3. The number of ether oxygens (including phenoxy) is 1. The molecular formula is C33H30N4O2S. The second-order valence-corrected chi connectivity index (χ2v) is 10.4. The molecule has 40 heavy (non-hydrogen) atoms. The van der Waals surface area contributed by atoms with Crippen molar-refractivity contribution in [1.82, 2.24) is 14.9 Å². The third-order valence-electron chi connectivity index (χ3n) is 7.43. The number of phenols is 1. The first-order chi connectivity index (χ1) is 19.4. The number of phenolic OH excluding ortho intramolecular Hbond substituents is 1. The lowest BCUT2D eigenvalue weighted by Gasteiger charge is -2.28. The molecule has 5 aromatic rings. The van der Waals surface area contributed by atoms with Gasteiger partial charge in [0.05, 0.1) is 17.8 Å². The number of aryl methyl sites for hydroxylation is 2. The molecule has 0 bridgehead atoms. The Labute approximate surface area is 239 Å². The van der Waals surface area contributed by atoms with Gasteiger partial charge in [-0.1, -0.05) is 24.3 Å². The van der Waals surface area contributed by atoms with Gasteiger partial charge in [-0.05, 0) is 117 Å². The topological polar surface area (TPSA) is 62.5 Å². The quantitative estimate of drug-likeness (QED) is 0.215. The zero-order valence-electron chi connectivity index (χ0n) is 22.6. The minimum Gasteiger partial charge on any atom is -0.508 e. The number of nitrogens with one attached hydrogen (secondary N) is 1. The number of pyridine rings is 1. The van der Waals surface area contributed by atoms with Gasteiger partial charge in [-0.3, -0.25) is 4.98 Å². The maximum absolute atomic E-state index is 9.83. The normalized spacial score (nSPS) is 16.7. The van der Waals surface area contributed by atoms with Crippen molar-refractivity contribution in [3.63, 3.8) is 0 Å². The van der Waals surface area contributed by atoms with Crippen LogP contribution in [-0.4, -0.2) is 19.8 Å². The molecule has 0 spiro atoms. The van der Waals surface area contributed by atoms with E-state index in [0.717, 1.165) is 51.1 Å². The van der Waals surface area contributed by atoms with E-state index >= 15 is 0 Å². The summed E-state index contributed by atoms with van der Waals surface area (Å²) in [4.78, 5) is 6.87. The van der Waals surface area contributed by atoms with Gasteiger partial charge in [0.2, 0.25) is 0 Å². The van der Waals surface area contributed by atoms with Crippen molar-refractivity contribution in [3.05, 3.63) is 131 Å². The average Bonchev–Trinajstić information content (AvgIpc) is 3.46. The highest BCUT2D eigenvalue weighted by atomic mass is 32.1. The Hall–Kier alpha value is -4.62. The van der Waals surface area contributed by atoms with Crippen LogP contribution in [0.3, 0.4) is 0 Å². The molecule has 1 fully saturated rings. The average molecular weight is 547 g/mol. The molecule has 6 rings (SSSR count). The van der Waals surface area contributed by atoms with Gasteiger partial charge >= 0.3 is 0 Å². The Morgan fingerprint density at radius 1 is 0.850 bits per heavy atom. The molecule has 0 unspecified atom stereocenters. The van der Waals surface area contributed by atoms with Gasteiger partial charge in [0, 0.05) is 29.0 Å². The lowest BCUT2D eigenvalue weighted by molar-refractivity contribution is 0.475. The summed E-state index contributed by atoms with van der Waals surface area (Å²) in [6.45, 7) is 6.26. The van der Waals surface area contributed by atoms with Gasteiger partial charge in [0.1, 0.15) is 17.2 Å². The molecule has 7 heteroatoms. The molecule has 3 aromatic carbocycles. The second-order valence-electron chi connectivity index (χ2n) is 10.0. The number of hydrogen-bond acceptors (Lipinski definition) is 4. The molecule has 6 nitrogen and oxygen atoms in total. The fraction of sp³-hybridized carbons (Fsp3) is 0.152. The third kappa shape index (κ3) is 4.69. The lowest BCUT2D eigenvalue weighted by Crippen LogP contribution is -2.29. The van der Waals surface area contributed by atoms with E-state index in [9.17, 15) is 5.11 Å². The molecule has 2 atom stereocenters. The highest BCUT2D eigenvalue weighted by Crippen LogP contribution is 2.44. The standard InChI is InChI=1S/C33H30N4O2S/c1-21-8-4-5-10-30(21)39-27-17-13-25(14-18-27)37-32(31(35-33(37)40)29-9-6-7-19-34-29)28-20-22(2)36(23(28)3)24-11-15-26(38)16-12-24/h4-20,31-32,38H,1-3H3,(H,35,40)/t31-,32-/m0/s1. The number of rotatable bonds is 6. The smallest absolute Gasteiger partial charge is 0.174 e. The van der Waals surface area contributed by atoms with Crippen LogP contribution in [0.2, 0.25) is 0 Å². The van der Waals surface area contributed by atoms with Gasteiger partial charge in [-0.15, -0.1) is 0 Å². The molecule has 200 valence electrons. The van der Waals surface area contributed by atoms with Crippen molar-refractivity contribution >= 4 is 23.0 Å². The molecule has 1 aliphatic rings. The van der Waals surface area contributed by atoms with Crippen LogP contribution in [0.4, 0.5) is 5.69 Å². The van der Waals surface area contributed by atoms with E-state index in [2.05, 4.69) is 46.8 Å². The number of para-hydroxylation sites is 1. The maximum atomic E-state index is 9.83. The van der Waals surface area contributed by atoms with Gasteiger partial charge < -0.3 is 24.6 Å². The molecule has 0 saturated carbocycles. The molecule has 1 saturated heterocycles. The summed E-state index contributed by atoms with van der Waals surface area (Å²) in [5, 5.41) is 14.0. The first kappa shape index (κ1) is 25.6. The van der Waals surface area contributed by atoms with Crippen molar-refractivity contribution in [1.29, 1.82) is 0 Å². The number of hydrogen-bond donors (Lipinski definition) is 2. The van der Waals surface area contributed by atoms with E-state index in [1.165, 1.54) is 0 Å². The van der Waals surface area contributed by atoms with Gasteiger partial charge in [0.15, 0.2) is 5.11 Å². The Bertz CT molecular complexity index is 1660. The fourth-order valence-electron chi connectivity index (χ4n) is 5.51. The van der Waals surface area contributed by atoms with E-state index in [1.54, 1.807) is 12.1 Å². The van der Waals surface area contributed by atoms with E-state index in [4.69, 9.17) is 21.9 Å². The Kier molecular flexibility index (Phi) is 6.74. The number of anilines is 1. The van der Waals surface area contributed by atoms with Crippen molar-refractivity contribution in [2.75, 3.05) is 4.90 Å². The predicted octanol–water partition coefficient (Wildman–Crippen LogP) is 7.47. The molecule has 2 aromatic heterocycles. The highest BCUT2D eigenvalue weighted by Gasteiger charge is 2.42. The zero-order chi connectivity index (χ0) is 27.8. The van der Waals surface area contributed by atoms with E-state index in [-0.39, 0.29) is 17.8 Å². The highest BCUT2D eigenvalue weighted by molar-refractivity contribution is 7.80. The van der Waals surface area contributed by atoms with Crippen molar-refractivity contribution in [2.24, 2.45) is 0 Å². The maximum Gasteiger partial charge on any atom is 0.174 e. The molecule has 2 N–H and O–H groups in total. The molecule has 0 radical (unpaired) electrons. The molecule has 0 amide bonds. The monoisotopic (exact) mass is 546 g/mol. The van der Waals surface area contributed by atoms with E-state index < -0.39 is 0 Å². The number of nitrogens with zero attached hydrogens (tertiary/aromatic N) is 3. The lowest BCUT2D eigenvalue weighted by atomic mass is 9.96. The largest absolute Gasteiger partial charge is 0.508 e. The Balaban J connectivity index is 1.41. The van der Waals surface area contributed by atoms with Crippen LogP contribution in [0.25, 0.3) is 5.69 Å². The predicted molar refractivity (Wildman–Crippen MR) is 163 cm³/mol.